The lowest BCUT2D eigenvalue weighted by atomic mass is 9.90. The van der Waals surface area contributed by atoms with Crippen LogP contribution in [-0.2, 0) is 16.1 Å². The van der Waals surface area contributed by atoms with Crippen LogP contribution >= 0.6 is 15.9 Å². The van der Waals surface area contributed by atoms with E-state index in [4.69, 9.17) is 4.74 Å². The molecule has 0 aliphatic carbocycles. The van der Waals surface area contributed by atoms with Crippen LogP contribution in [-0.4, -0.2) is 23.7 Å². The summed E-state index contributed by atoms with van der Waals surface area (Å²) in [6, 6.07) is 14.7. The number of carbonyl (C=O) groups is 2. The summed E-state index contributed by atoms with van der Waals surface area (Å²) < 4.78 is 6.16. The second kappa shape index (κ2) is 7.05. The Hall–Kier alpha value is -2.34. The Morgan fingerprint density at radius 2 is 1.96 bits per heavy atom. The van der Waals surface area contributed by atoms with Crippen molar-refractivity contribution < 1.29 is 19.4 Å². The van der Waals surface area contributed by atoms with Crippen LogP contribution in [0.4, 0.5) is 10.5 Å². The number of fused-ring (bicyclic) bond motifs is 1. The van der Waals surface area contributed by atoms with Gasteiger partial charge in [0.15, 0.2) is 0 Å². The predicted octanol–water partition coefficient (Wildman–Crippen LogP) is 4.16. The number of rotatable bonds is 3. The summed E-state index contributed by atoms with van der Waals surface area (Å²) in [5.41, 5.74) is 2.12. The molecular weight excluding hydrogens is 374 g/mol. The third-order valence-electron chi connectivity index (χ3n) is 4.02. The minimum atomic E-state index is -0.883. The van der Waals surface area contributed by atoms with E-state index >= 15 is 0 Å². The van der Waals surface area contributed by atoms with Gasteiger partial charge in [0, 0.05) is 11.0 Å². The molecule has 1 aliphatic rings. The van der Waals surface area contributed by atoms with E-state index in [9.17, 15) is 14.7 Å². The van der Waals surface area contributed by atoms with Gasteiger partial charge in [0.2, 0.25) is 0 Å². The highest BCUT2D eigenvalue weighted by atomic mass is 79.9. The topological polar surface area (TPSA) is 66.8 Å². The lowest BCUT2D eigenvalue weighted by molar-refractivity contribution is -0.139. The minimum absolute atomic E-state index is 0.185. The molecule has 1 heterocycles. The lowest BCUT2D eigenvalue weighted by Gasteiger charge is -2.32. The Balaban J connectivity index is 1.80. The van der Waals surface area contributed by atoms with Gasteiger partial charge in [-0.25, -0.2) is 4.79 Å². The van der Waals surface area contributed by atoms with Crippen LogP contribution in [0, 0.1) is 0 Å². The Bertz CT molecular complexity index is 763. The molecule has 5 nitrogen and oxygen atoms in total. The van der Waals surface area contributed by atoms with Crippen molar-refractivity contribution in [2.75, 3.05) is 11.4 Å². The molecule has 2 aromatic carbocycles. The van der Waals surface area contributed by atoms with Gasteiger partial charge in [-0.15, -0.1) is 0 Å². The fourth-order valence-electron chi connectivity index (χ4n) is 2.83. The minimum Gasteiger partial charge on any atom is -0.481 e. The summed E-state index contributed by atoms with van der Waals surface area (Å²) in [4.78, 5) is 25.4. The second-order valence-corrected chi connectivity index (χ2v) is 6.49. The first-order valence-electron chi connectivity index (χ1n) is 7.56. The molecule has 1 amide bonds. The van der Waals surface area contributed by atoms with E-state index < -0.39 is 18.0 Å². The van der Waals surface area contributed by atoms with Crippen LogP contribution in [0.3, 0.4) is 0 Å². The van der Waals surface area contributed by atoms with E-state index in [0.29, 0.717) is 24.2 Å². The van der Waals surface area contributed by atoms with Crippen molar-refractivity contribution in [2.45, 2.75) is 18.9 Å². The zero-order valence-corrected chi connectivity index (χ0v) is 14.4. The van der Waals surface area contributed by atoms with Crippen molar-refractivity contribution in [2.24, 2.45) is 0 Å². The number of anilines is 1. The SMILES string of the molecule is O=C(O)[C@@H]1CCN(C(=O)OCc2ccccc2)c2ccc(Br)cc21. The van der Waals surface area contributed by atoms with Crippen LogP contribution < -0.4 is 4.90 Å². The van der Waals surface area contributed by atoms with Crippen molar-refractivity contribution in [1.82, 2.24) is 0 Å². The first-order chi connectivity index (χ1) is 11.6. The molecule has 0 unspecified atom stereocenters. The van der Waals surface area contributed by atoms with E-state index in [0.717, 1.165) is 10.0 Å². The number of carboxylic acids is 1. The van der Waals surface area contributed by atoms with Crippen LogP contribution in [0.15, 0.2) is 53.0 Å². The van der Waals surface area contributed by atoms with E-state index in [2.05, 4.69) is 15.9 Å². The van der Waals surface area contributed by atoms with Gasteiger partial charge in [0.25, 0.3) is 0 Å². The molecule has 124 valence electrons. The second-order valence-electron chi connectivity index (χ2n) is 5.57. The first-order valence-corrected chi connectivity index (χ1v) is 8.36. The molecule has 0 saturated heterocycles. The average molecular weight is 390 g/mol. The molecule has 0 bridgehead atoms. The van der Waals surface area contributed by atoms with Gasteiger partial charge in [-0.1, -0.05) is 46.3 Å². The summed E-state index contributed by atoms with van der Waals surface area (Å²) in [6.45, 7) is 0.504. The quantitative estimate of drug-likeness (QED) is 0.855. The molecule has 0 radical (unpaired) electrons. The Morgan fingerprint density at radius 3 is 2.67 bits per heavy atom. The Kier molecular flexibility index (Phi) is 4.85. The number of amides is 1. The Labute approximate surface area is 148 Å². The number of carboxylic acid groups (broad SMARTS) is 1. The van der Waals surface area contributed by atoms with Gasteiger partial charge in [-0.2, -0.15) is 0 Å². The molecule has 0 fully saturated rings. The maximum atomic E-state index is 12.4. The van der Waals surface area contributed by atoms with Gasteiger partial charge in [-0.05, 0) is 35.7 Å². The number of benzene rings is 2. The maximum absolute atomic E-state index is 12.4. The molecule has 0 spiro atoms. The summed E-state index contributed by atoms with van der Waals surface area (Å²) in [7, 11) is 0. The van der Waals surface area contributed by atoms with Gasteiger partial charge in [0.1, 0.15) is 6.61 Å². The van der Waals surface area contributed by atoms with Crippen molar-refractivity contribution in [3.8, 4) is 0 Å². The zero-order chi connectivity index (χ0) is 17.1. The third kappa shape index (κ3) is 3.43. The van der Waals surface area contributed by atoms with Gasteiger partial charge in [0.05, 0.1) is 11.6 Å². The largest absolute Gasteiger partial charge is 0.481 e. The third-order valence-corrected chi connectivity index (χ3v) is 4.51. The van der Waals surface area contributed by atoms with Crippen LogP contribution in [0.25, 0.3) is 0 Å². The van der Waals surface area contributed by atoms with Crippen LogP contribution in [0.1, 0.15) is 23.5 Å². The smallest absolute Gasteiger partial charge is 0.414 e. The number of nitrogens with zero attached hydrogens (tertiary/aromatic N) is 1. The predicted molar refractivity (Wildman–Crippen MR) is 93.1 cm³/mol. The first kappa shape index (κ1) is 16.5. The highest BCUT2D eigenvalue weighted by molar-refractivity contribution is 9.10. The fourth-order valence-corrected chi connectivity index (χ4v) is 3.21. The molecule has 24 heavy (non-hydrogen) atoms. The number of halogens is 1. The van der Waals surface area contributed by atoms with Crippen molar-refractivity contribution in [3.05, 3.63) is 64.1 Å². The van der Waals surface area contributed by atoms with Crippen LogP contribution in [0.5, 0.6) is 0 Å². The summed E-state index contributed by atoms with van der Waals surface area (Å²) in [6.07, 6.45) is -0.106. The number of hydrogen-bond donors (Lipinski definition) is 1. The summed E-state index contributed by atoms with van der Waals surface area (Å²) >= 11 is 3.36. The van der Waals surface area contributed by atoms with E-state index in [1.165, 1.54) is 4.90 Å². The molecule has 6 heteroatoms. The highest BCUT2D eigenvalue weighted by Crippen LogP contribution is 2.37. The Morgan fingerprint density at radius 1 is 1.21 bits per heavy atom. The molecule has 0 aromatic heterocycles. The fraction of sp³-hybridized carbons (Fsp3) is 0.222. The standard InChI is InChI=1S/C18H16BrNO4/c19-13-6-7-16-15(10-13)14(17(21)22)8-9-20(16)18(23)24-11-12-4-2-1-3-5-12/h1-7,10,14H,8-9,11H2,(H,21,22)/t14-/m1/s1. The molecule has 1 atom stereocenters. The van der Waals surface area contributed by atoms with Crippen molar-refractivity contribution in [1.29, 1.82) is 0 Å². The molecular formula is C18H16BrNO4. The number of hydrogen-bond acceptors (Lipinski definition) is 3. The monoisotopic (exact) mass is 389 g/mol. The summed E-state index contributed by atoms with van der Waals surface area (Å²) in [5.74, 6) is -1.50. The number of ether oxygens (including phenoxy) is 1. The zero-order valence-electron chi connectivity index (χ0n) is 12.8. The molecule has 3 rings (SSSR count). The number of carbonyl (C=O) groups excluding carboxylic acids is 1. The van der Waals surface area contributed by atoms with Crippen molar-refractivity contribution in [3.63, 3.8) is 0 Å². The molecule has 0 saturated carbocycles. The van der Waals surface area contributed by atoms with Gasteiger partial charge >= 0.3 is 12.1 Å². The highest BCUT2D eigenvalue weighted by Gasteiger charge is 2.33. The normalized spacial score (nSPS) is 16.4. The number of aliphatic carboxylic acids is 1. The van der Waals surface area contributed by atoms with Crippen molar-refractivity contribution >= 4 is 33.7 Å². The van der Waals surface area contributed by atoms with E-state index in [1.807, 2.05) is 30.3 Å². The van der Waals surface area contributed by atoms with Gasteiger partial charge < -0.3 is 9.84 Å². The van der Waals surface area contributed by atoms with E-state index in [1.54, 1.807) is 18.2 Å². The van der Waals surface area contributed by atoms with E-state index in [-0.39, 0.29) is 6.61 Å². The molecule has 2 aromatic rings. The molecule has 1 aliphatic heterocycles. The van der Waals surface area contributed by atoms with Gasteiger partial charge in [-0.3, -0.25) is 9.69 Å². The lowest BCUT2D eigenvalue weighted by Crippen LogP contribution is -2.38. The average Bonchev–Trinajstić information content (AvgIpc) is 2.59. The summed E-state index contributed by atoms with van der Waals surface area (Å²) in [5, 5.41) is 9.40. The molecule has 1 N–H and O–H groups in total. The van der Waals surface area contributed by atoms with Crippen LogP contribution in [0.2, 0.25) is 0 Å². The maximum Gasteiger partial charge on any atom is 0.414 e.